The number of benzene rings is 3. The second-order valence-corrected chi connectivity index (χ2v) is 6.57. The monoisotopic (exact) mass is 369 g/mol. The Kier molecular flexibility index (Phi) is 5.86. The maximum absolute atomic E-state index is 13.1. The largest absolute Gasteiger partial charge is 0.455 e. The number of thioether (sulfide) groups is 1. The predicted octanol–water partition coefficient (Wildman–Crippen LogP) is 4.25. The van der Waals surface area contributed by atoms with Gasteiger partial charge in [-0.15, -0.1) is 11.8 Å². The Hall–Kier alpha value is -2.86. The molecular formula is C20H16FNO3S. The fraction of sp³-hybridized carbons (Fsp3) is 0.100. The number of ether oxygens (including phenoxy) is 1. The van der Waals surface area contributed by atoms with Gasteiger partial charge in [0.15, 0.2) is 6.61 Å². The first-order valence-corrected chi connectivity index (χ1v) is 8.91. The van der Waals surface area contributed by atoms with E-state index in [4.69, 9.17) is 4.74 Å². The minimum atomic E-state index is -0.514. The van der Waals surface area contributed by atoms with Gasteiger partial charge in [0.25, 0.3) is 5.91 Å². The summed E-state index contributed by atoms with van der Waals surface area (Å²) < 4.78 is 18.0. The summed E-state index contributed by atoms with van der Waals surface area (Å²) in [5, 5.41) is 4.70. The molecule has 0 unspecified atom stereocenters. The Bertz CT molecular complexity index is 945. The molecule has 0 spiro atoms. The number of anilines is 1. The number of carbonyl (C=O) groups is 2. The summed E-state index contributed by atoms with van der Waals surface area (Å²) in [6.45, 7) is -0.409. The normalized spacial score (nSPS) is 10.5. The summed E-state index contributed by atoms with van der Waals surface area (Å²) in [5.41, 5.74) is 0.316. The first-order chi connectivity index (χ1) is 12.6. The van der Waals surface area contributed by atoms with E-state index in [1.807, 2.05) is 42.5 Å². The zero-order valence-electron chi connectivity index (χ0n) is 13.8. The molecule has 0 aliphatic carbocycles. The Morgan fingerprint density at radius 1 is 0.962 bits per heavy atom. The Morgan fingerprint density at radius 3 is 2.58 bits per heavy atom. The molecule has 0 atom stereocenters. The van der Waals surface area contributed by atoms with Gasteiger partial charge in [-0.25, -0.2) is 4.39 Å². The highest BCUT2D eigenvalue weighted by atomic mass is 32.2. The van der Waals surface area contributed by atoms with Gasteiger partial charge in [0, 0.05) is 10.6 Å². The lowest BCUT2D eigenvalue weighted by atomic mass is 10.1. The quantitative estimate of drug-likeness (QED) is 0.521. The van der Waals surface area contributed by atoms with Crippen molar-refractivity contribution in [3.05, 3.63) is 72.5 Å². The van der Waals surface area contributed by atoms with Gasteiger partial charge >= 0.3 is 5.97 Å². The molecule has 6 heteroatoms. The predicted molar refractivity (Wildman–Crippen MR) is 101 cm³/mol. The van der Waals surface area contributed by atoms with Gasteiger partial charge in [0.05, 0.1) is 5.75 Å². The van der Waals surface area contributed by atoms with E-state index < -0.39 is 24.3 Å². The molecule has 3 rings (SSSR count). The second-order valence-electron chi connectivity index (χ2n) is 5.52. The van der Waals surface area contributed by atoms with E-state index in [0.717, 1.165) is 15.7 Å². The van der Waals surface area contributed by atoms with E-state index in [1.54, 1.807) is 6.07 Å². The van der Waals surface area contributed by atoms with E-state index in [-0.39, 0.29) is 5.75 Å². The molecule has 1 amide bonds. The van der Waals surface area contributed by atoms with Crippen molar-refractivity contribution in [1.82, 2.24) is 0 Å². The molecule has 26 heavy (non-hydrogen) atoms. The summed E-state index contributed by atoms with van der Waals surface area (Å²) in [5.74, 6) is -1.35. The molecule has 3 aromatic rings. The van der Waals surface area contributed by atoms with E-state index in [0.29, 0.717) is 5.69 Å². The first kappa shape index (κ1) is 17.9. The molecule has 0 fully saturated rings. The molecule has 0 bridgehead atoms. The fourth-order valence-corrected chi connectivity index (χ4v) is 3.09. The third-order valence-corrected chi connectivity index (χ3v) is 4.52. The van der Waals surface area contributed by atoms with Crippen LogP contribution in [0.3, 0.4) is 0 Å². The lowest BCUT2D eigenvalue weighted by molar-refractivity contribution is -0.144. The maximum atomic E-state index is 13.1. The molecule has 0 radical (unpaired) electrons. The molecule has 0 aliphatic rings. The number of esters is 1. The number of halogens is 1. The number of carbonyl (C=O) groups excluding carboxylic acids is 2. The van der Waals surface area contributed by atoms with Crippen LogP contribution < -0.4 is 5.32 Å². The van der Waals surface area contributed by atoms with Crippen molar-refractivity contribution in [1.29, 1.82) is 0 Å². The van der Waals surface area contributed by atoms with Crippen LogP contribution in [0.1, 0.15) is 0 Å². The highest BCUT2D eigenvalue weighted by Crippen LogP contribution is 2.23. The molecular weight excluding hydrogens is 353 g/mol. The molecule has 0 saturated heterocycles. The average molecular weight is 369 g/mol. The molecule has 0 heterocycles. The Balaban J connectivity index is 1.45. The summed E-state index contributed by atoms with van der Waals surface area (Å²) >= 11 is 1.35. The van der Waals surface area contributed by atoms with Crippen LogP contribution in [0.5, 0.6) is 0 Å². The van der Waals surface area contributed by atoms with Crippen molar-refractivity contribution in [2.24, 2.45) is 0 Å². The lowest BCUT2D eigenvalue weighted by Crippen LogP contribution is -2.21. The standard InChI is InChI=1S/C20H16FNO3S/c21-16-6-3-7-17(11-16)22-19(23)12-25-20(24)13-26-18-9-8-14-4-1-2-5-15(14)10-18/h1-11H,12-13H2,(H,22,23). The first-order valence-electron chi connectivity index (χ1n) is 7.93. The summed E-state index contributed by atoms with van der Waals surface area (Å²) in [6.07, 6.45) is 0. The highest BCUT2D eigenvalue weighted by Gasteiger charge is 2.09. The summed E-state index contributed by atoms with van der Waals surface area (Å²) in [6, 6.07) is 19.4. The number of hydrogen-bond acceptors (Lipinski definition) is 4. The van der Waals surface area contributed by atoms with E-state index in [2.05, 4.69) is 5.32 Å². The van der Waals surface area contributed by atoms with Crippen molar-refractivity contribution in [3.8, 4) is 0 Å². The van der Waals surface area contributed by atoms with E-state index in [1.165, 1.54) is 30.0 Å². The minimum absolute atomic E-state index is 0.103. The Morgan fingerprint density at radius 2 is 1.77 bits per heavy atom. The number of fused-ring (bicyclic) bond motifs is 1. The number of rotatable bonds is 6. The van der Waals surface area contributed by atoms with Crippen LogP contribution in [-0.2, 0) is 14.3 Å². The Labute approximate surface area is 154 Å². The van der Waals surface area contributed by atoms with Crippen LogP contribution in [0.4, 0.5) is 10.1 Å². The van der Waals surface area contributed by atoms with Gasteiger partial charge in [0.2, 0.25) is 0 Å². The molecule has 1 N–H and O–H groups in total. The van der Waals surface area contributed by atoms with Crippen LogP contribution >= 0.6 is 11.8 Å². The topological polar surface area (TPSA) is 55.4 Å². The zero-order valence-corrected chi connectivity index (χ0v) is 14.6. The SMILES string of the molecule is O=C(COC(=O)CSc1ccc2ccccc2c1)Nc1cccc(F)c1. The van der Waals surface area contributed by atoms with Gasteiger partial charge in [-0.05, 0) is 41.1 Å². The molecule has 3 aromatic carbocycles. The highest BCUT2D eigenvalue weighted by molar-refractivity contribution is 8.00. The van der Waals surface area contributed by atoms with Gasteiger partial charge in [-0.3, -0.25) is 9.59 Å². The molecule has 0 aliphatic heterocycles. The van der Waals surface area contributed by atoms with E-state index in [9.17, 15) is 14.0 Å². The third kappa shape index (κ3) is 5.07. The number of hydrogen-bond donors (Lipinski definition) is 1. The van der Waals surface area contributed by atoms with Gasteiger partial charge in [0.1, 0.15) is 5.82 Å². The van der Waals surface area contributed by atoms with Crippen LogP contribution in [0.25, 0.3) is 10.8 Å². The molecule has 0 aromatic heterocycles. The van der Waals surface area contributed by atoms with Gasteiger partial charge < -0.3 is 10.1 Å². The minimum Gasteiger partial charge on any atom is -0.455 e. The average Bonchev–Trinajstić information content (AvgIpc) is 2.64. The van der Waals surface area contributed by atoms with Crippen LogP contribution in [0, 0.1) is 5.82 Å². The maximum Gasteiger partial charge on any atom is 0.316 e. The van der Waals surface area contributed by atoms with Crippen molar-refractivity contribution < 1.29 is 18.7 Å². The van der Waals surface area contributed by atoms with Crippen molar-refractivity contribution in [2.75, 3.05) is 17.7 Å². The zero-order chi connectivity index (χ0) is 18.4. The summed E-state index contributed by atoms with van der Waals surface area (Å²) in [7, 11) is 0. The van der Waals surface area contributed by atoms with Crippen LogP contribution in [0.2, 0.25) is 0 Å². The molecule has 4 nitrogen and oxygen atoms in total. The van der Waals surface area contributed by atoms with E-state index >= 15 is 0 Å². The van der Waals surface area contributed by atoms with Crippen LogP contribution in [0.15, 0.2) is 71.6 Å². The van der Waals surface area contributed by atoms with Crippen molar-refractivity contribution >= 4 is 40.1 Å². The second kappa shape index (κ2) is 8.49. The van der Waals surface area contributed by atoms with Crippen molar-refractivity contribution in [3.63, 3.8) is 0 Å². The molecule has 132 valence electrons. The van der Waals surface area contributed by atoms with Gasteiger partial charge in [-0.2, -0.15) is 0 Å². The molecule has 0 saturated carbocycles. The third-order valence-electron chi connectivity index (χ3n) is 3.55. The summed E-state index contributed by atoms with van der Waals surface area (Å²) in [4.78, 5) is 24.5. The lowest BCUT2D eigenvalue weighted by Gasteiger charge is -2.07. The van der Waals surface area contributed by atoms with Gasteiger partial charge in [-0.1, -0.05) is 36.4 Å². The van der Waals surface area contributed by atoms with Crippen molar-refractivity contribution in [2.45, 2.75) is 4.90 Å². The van der Waals surface area contributed by atoms with Crippen LogP contribution in [-0.4, -0.2) is 24.2 Å². The smallest absolute Gasteiger partial charge is 0.316 e. The fourth-order valence-electron chi connectivity index (χ4n) is 2.35. The number of nitrogens with one attached hydrogen (secondary N) is 1. The number of amides is 1.